The van der Waals surface area contributed by atoms with Crippen LogP contribution in [0.5, 0.6) is 5.75 Å². The fourth-order valence-corrected chi connectivity index (χ4v) is 2.32. The van der Waals surface area contributed by atoms with Crippen LogP contribution in [0.3, 0.4) is 0 Å². The van der Waals surface area contributed by atoms with E-state index in [1.165, 1.54) is 17.6 Å². The first-order valence-corrected chi connectivity index (χ1v) is 6.54. The second kappa shape index (κ2) is 4.78. The van der Waals surface area contributed by atoms with Crippen molar-refractivity contribution in [3.8, 4) is 5.75 Å². The van der Waals surface area contributed by atoms with Gasteiger partial charge < -0.3 is 9.17 Å². The van der Waals surface area contributed by atoms with Gasteiger partial charge in [0, 0.05) is 22.0 Å². The molecule has 0 saturated heterocycles. The molecule has 0 unspecified atom stereocenters. The summed E-state index contributed by atoms with van der Waals surface area (Å²) in [4.78, 5) is 4.27. The molecule has 0 aliphatic carbocycles. The molecule has 1 aromatic heterocycles. The van der Waals surface area contributed by atoms with Gasteiger partial charge in [0.25, 0.3) is 0 Å². The lowest BCUT2D eigenvalue weighted by atomic mass is 10.2. The van der Waals surface area contributed by atoms with Crippen LogP contribution < -0.4 is 4.18 Å². The van der Waals surface area contributed by atoms with Crippen molar-refractivity contribution in [1.82, 2.24) is 4.98 Å². The number of H-pyrrole nitrogens is 1. The Bertz CT molecular complexity index is 658. The molecule has 0 aliphatic heterocycles. The average molecular weight is 255 g/mol. The molecule has 2 nitrogen and oxygen atoms in total. The Hall–Kier alpha value is -1.87. The molecule has 0 spiro atoms. The van der Waals surface area contributed by atoms with Crippen LogP contribution in [0.25, 0.3) is 10.9 Å². The van der Waals surface area contributed by atoms with E-state index in [2.05, 4.69) is 36.2 Å². The second-order valence-corrected chi connectivity index (χ2v) is 5.01. The van der Waals surface area contributed by atoms with Crippen molar-refractivity contribution in [2.75, 3.05) is 0 Å². The first-order valence-electron chi connectivity index (χ1n) is 5.79. The number of hydrogen-bond donors (Lipinski definition) is 1. The predicted molar refractivity (Wildman–Crippen MR) is 76.0 cm³/mol. The Morgan fingerprint density at radius 1 is 1.00 bits per heavy atom. The van der Waals surface area contributed by atoms with Crippen LogP contribution in [0.15, 0.2) is 59.6 Å². The van der Waals surface area contributed by atoms with Gasteiger partial charge in [0.1, 0.15) is 5.75 Å². The minimum Gasteiger partial charge on any atom is -0.421 e. The van der Waals surface area contributed by atoms with Crippen LogP contribution in [-0.4, -0.2) is 4.98 Å². The Balaban J connectivity index is 1.74. The van der Waals surface area contributed by atoms with E-state index in [4.69, 9.17) is 4.18 Å². The standard InChI is InChI=1S/C15H13NOS/c1-11-2-5-14(6-3-11)18-17-13-4-7-15-12(10-13)8-9-16-15/h2-10,16H,1H3. The summed E-state index contributed by atoms with van der Waals surface area (Å²) in [5.41, 5.74) is 2.38. The molecule has 1 heterocycles. The monoisotopic (exact) mass is 255 g/mol. The zero-order valence-corrected chi connectivity index (χ0v) is 10.8. The number of aromatic amines is 1. The van der Waals surface area contributed by atoms with Gasteiger partial charge in [-0.1, -0.05) is 17.7 Å². The summed E-state index contributed by atoms with van der Waals surface area (Å²) in [6.07, 6.45) is 1.93. The molecule has 3 aromatic rings. The highest BCUT2D eigenvalue weighted by atomic mass is 32.2. The number of nitrogens with one attached hydrogen (secondary N) is 1. The molecule has 0 saturated carbocycles. The lowest BCUT2D eigenvalue weighted by Crippen LogP contribution is -1.82. The van der Waals surface area contributed by atoms with Crippen molar-refractivity contribution in [3.05, 3.63) is 60.3 Å². The number of aromatic nitrogens is 1. The van der Waals surface area contributed by atoms with Gasteiger partial charge in [0.2, 0.25) is 0 Å². The van der Waals surface area contributed by atoms with Crippen molar-refractivity contribution < 1.29 is 4.18 Å². The van der Waals surface area contributed by atoms with Gasteiger partial charge in [-0.2, -0.15) is 0 Å². The summed E-state index contributed by atoms with van der Waals surface area (Å²) in [7, 11) is 0. The van der Waals surface area contributed by atoms with Gasteiger partial charge in [-0.3, -0.25) is 0 Å². The molecule has 3 heteroatoms. The molecule has 0 fully saturated rings. The van der Waals surface area contributed by atoms with E-state index in [0.717, 1.165) is 21.5 Å². The van der Waals surface area contributed by atoms with Crippen LogP contribution >= 0.6 is 12.0 Å². The number of fused-ring (bicyclic) bond motifs is 1. The topological polar surface area (TPSA) is 25.0 Å². The molecular weight excluding hydrogens is 242 g/mol. The molecule has 0 amide bonds. The average Bonchev–Trinajstić information content (AvgIpc) is 2.85. The van der Waals surface area contributed by atoms with Crippen LogP contribution in [0, 0.1) is 6.92 Å². The highest BCUT2D eigenvalue weighted by molar-refractivity contribution is 7.95. The lowest BCUT2D eigenvalue weighted by molar-refractivity contribution is 0.647. The van der Waals surface area contributed by atoms with E-state index in [1.807, 2.05) is 30.5 Å². The summed E-state index contributed by atoms with van der Waals surface area (Å²) < 4.78 is 5.71. The summed E-state index contributed by atoms with van der Waals surface area (Å²) in [5, 5.41) is 1.16. The Morgan fingerprint density at radius 2 is 1.83 bits per heavy atom. The van der Waals surface area contributed by atoms with E-state index in [1.54, 1.807) is 0 Å². The quantitative estimate of drug-likeness (QED) is 0.694. The van der Waals surface area contributed by atoms with Crippen molar-refractivity contribution >= 4 is 22.9 Å². The molecule has 0 aliphatic rings. The van der Waals surface area contributed by atoms with Crippen LogP contribution in [0.2, 0.25) is 0 Å². The fraction of sp³-hybridized carbons (Fsp3) is 0.0667. The molecule has 0 radical (unpaired) electrons. The third-order valence-corrected chi connectivity index (χ3v) is 3.52. The highest BCUT2D eigenvalue weighted by Gasteiger charge is 2.00. The summed E-state index contributed by atoms with van der Waals surface area (Å²) in [6, 6.07) is 16.4. The number of aryl methyl sites for hydroxylation is 1. The number of hydrogen-bond acceptors (Lipinski definition) is 2. The Labute approximate surface area is 110 Å². The number of benzene rings is 2. The third-order valence-electron chi connectivity index (χ3n) is 2.78. The largest absolute Gasteiger partial charge is 0.421 e. The first kappa shape index (κ1) is 11.2. The molecule has 2 aromatic carbocycles. The summed E-state index contributed by atoms with van der Waals surface area (Å²) in [6.45, 7) is 2.08. The van der Waals surface area contributed by atoms with E-state index in [0.29, 0.717) is 0 Å². The highest BCUT2D eigenvalue weighted by Crippen LogP contribution is 2.26. The van der Waals surface area contributed by atoms with E-state index >= 15 is 0 Å². The summed E-state index contributed by atoms with van der Waals surface area (Å²) >= 11 is 1.38. The fourth-order valence-electron chi connectivity index (χ4n) is 1.77. The lowest BCUT2D eigenvalue weighted by Gasteiger charge is -2.04. The SMILES string of the molecule is Cc1ccc(SOc2ccc3[nH]ccc3c2)cc1. The van der Waals surface area contributed by atoms with Gasteiger partial charge in [-0.15, -0.1) is 0 Å². The van der Waals surface area contributed by atoms with E-state index < -0.39 is 0 Å². The van der Waals surface area contributed by atoms with E-state index in [-0.39, 0.29) is 0 Å². The molecule has 0 atom stereocenters. The predicted octanol–water partition coefficient (Wildman–Crippen LogP) is 4.56. The zero-order valence-electron chi connectivity index (χ0n) is 10.0. The maximum atomic E-state index is 5.71. The number of rotatable bonds is 3. The van der Waals surface area contributed by atoms with Gasteiger partial charge in [0.05, 0.1) is 12.0 Å². The normalized spacial score (nSPS) is 10.7. The van der Waals surface area contributed by atoms with Crippen molar-refractivity contribution in [2.24, 2.45) is 0 Å². The Morgan fingerprint density at radius 3 is 2.67 bits per heavy atom. The first-order chi connectivity index (χ1) is 8.81. The van der Waals surface area contributed by atoms with Gasteiger partial charge in [0.15, 0.2) is 0 Å². The second-order valence-electron chi connectivity index (χ2n) is 4.21. The van der Waals surface area contributed by atoms with Gasteiger partial charge in [-0.05, 0) is 43.3 Å². The van der Waals surface area contributed by atoms with E-state index in [9.17, 15) is 0 Å². The minimum atomic E-state index is 0.868. The minimum absolute atomic E-state index is 0.868. The van der Waals surface area contributed by atoms with Crippen molar-refractivity contribution in [2.45, 2.75) is 11.8 Å². The van der Waals surface area contributed by atoms with Crippen molar-refractivity contribution in [1.29, 1.82) is 0 Å². The van der Waals surface area contributed by atoms with Crippen LogP contribution in [0.1, 0.15) is 5.56 Å². The van der Waals surface area contributed by atoms with Gasteiger partial charge in [-0.25, -0.2) is 0 Å². The maximum absolute atomic E-state index is 5.71. The maximum Gasteiger partial charge on any atom is 0.138 e. The van der Waals surface area contributed by atoms with Crippen molar-refractivity contribution in [3.63, 3.8) is 0 Å². The van der Waals surface area contributed by atoms with Crippen LogP contribution in [0.4, 0.5) is 0 Å². The molecule has 90 valence electrons. The zero-order chi connectivity index (χ0) is 12.4. The molecule has 1 N–H and O–H groups in total. The van der Waals surface area contributed by atoms with Gasteiger partial charge >= 0.3 is 0 Å². The summed E-state index contributed by atoms with van der Waals surface area (Å²) in [5.74, 6) is 0.868. The molecule has 3 rings (SSSR count). The smallest absolute Gasteiger partial charge is 0.138 e. The molecule has 0 bridgehead atoms. The third kappa shape index (κ3) is 2.36. The van der Waals surface area contributed by atoms with Crippen LogP contribution in [-0.2, 0) is 0 Å². The molecule has 18 heavy (non-hydrogen) atoms. The Kier molecular flexibility index (Phi) is 2.99. The molecular formula is C15H13NOS.